The average molecular weight is 808 g/mol. The van der Waals surface area contributed by atoms with Crippen molar-refractivity contribution in [2.75, 3.05) is 4.90 Å². The van der Waals surface area contributed by atoms with E-state index < -0.39 is 136 Å². The minimum absolute atomic E-state index is 0.0464. The number of fused-ring (bicyclic) bond motifs is 3. The van der Waals surface area contributed by atoms with Gasteiger partial charge in [0.15, 0.2) is 0 Å². The summed E-state index contributed by atoms with van der Waals surface area (Å²) in [7, 11) is 0. The standard InChI is InChI=1S/C60H42N2/c1-4-16-43(17-5-1)44-28-35-50(36-29-44)61(52-39-32-48(33-40-52)54-23-11-10-22-53(54)46-18-6-2-7-19-46)51-37-30-45(31-38-51)49-34-41-60-57(42-49)56-25-13-15-27-59(56)62(60)58-26-14-12-24-55(58)47-20-8-3-9-21-47/h1-42H/i2D,6D,7D,10D,11D,18D,19D,22D,23D,30D,31D,32D,33D,37D,38D,39D,40D. The molecular formula is C60H42N2. The fourth-order valence-corrected chi connectivity index (χ4v) is 7.89. The van der Waals surface area contributed by atoms with Crippen molar-refractivity contribution in [3.05, 3.63) is 254 Å². The summed E-state index contributed by atoms with van der Waals surface area (Å²) in [5.41, 5.74) is 2.98. The van der Waals surface area contributed by atoms with Gasteiger partial charge in [0.05, 0.1) is 40.0 Å². The zero-order valence-corrected chi connectivity index (χ0v) is 32.8. The second kappa shape index (κ2) is 16.1. The van der Waals surface area contributed by atoms with Crippen LogP contribution in [0.4, 0.5) is 17.1 Å². The summed E-state index contributed by atoms with van der Waals surface area (Å²) in [6.07, 6.45) is 0. The quantitative estimate of drug-likeness (QED) is 0.141. The second-order valence-electron chi connectivity index (χ2n) is 14.4. The molecule has 0 aliphatic heterocycles. The normalized spacial score (nSPS) is 15.1. The number of aromatic nitrogens is 1. The van der Waals surface area contributed by atoms with Gasteiger partial charge >= 0.3 is 0 Å². The number of hydrogen-bond acceptors (Lipinski definition) is 1. The Morgan fingerprint density at radius 2 is 0.823 bits per heavy atom. The van der Waals surface area contributed by atoms with Crippen molar-refractivity contribution in [1.82, 2.24) is 4.57 Å². The van der Waals surface area contributed by atoms with E-state index in [0.29, 0.717) is 5.56 Å². The van der Waals surface area contributed by atoms with Crippen LogP contribution >= 0.6 is 0 Å². The van der Waals surface area contributed by atoms with Crippen molar-refractivity contribution >= 4 is 38.9 Å². The third-order valence-corrected chi connectivity index (χ3v) is 10.8. The minimum atomic E-state index is -0.883. The molecule has 0 saturated heterocycles. The van der Waals surface area contributed by atoms with Crippen LogP contribution in [-0.4, -0.2) is 4.57 Å². The van der Waals surface area contributed by atoms with Crippen LogP contribution in [0.25, 0.3) is 83.1 Å². The van der Waals surface area contributed by atoms with Gasteiger partial charge in [-0.25, -0.2) is 0 Å². The highest BCUT2D eigenvalue weighted by Crippen LogP contribution is 2.41. The predicted molar refractivity (Wildman–Crippen MR) is 263 cm³/mol. The van der Waals surface area contributed by atoms with Gasteiger partial charge in [-0.15, -0.1) is 0 Å². The van der Waals surface area contributed by atoms with Gasteiger partial charge < -0.3 is 9.47 Å². The van der Waals surface area contributed by atoms with E-state index in [4.69, 9.17) is 12.3 Å². The van der Waals surface area contributed by atoms with Crippen molar-refractivity contribution < 1.29 is 23.3 Å². The average Bonchev–Trinajstić information content (AvgIpc) is 4.05. The molecule has 0 unspecified atom stereocenters. The topological polar surface area (TPSA) is 8.17 Å². The van der Waals surface area contributed by atoms with Crippen molar-refractivity contribution in [2.45, 2.75) is 0 Å². The maximum atomic E-state index is 9.76. The highest BCUT2D eigenvalue weighted by atomic mass is 15.1. The van der Waals surface area contributed by atoms with Crippen LogP contribution in [0, 0.1) is 0 Å². The maximum Gasteiger partial charge on any atom is 0.0645 e. The third kappa shape index (κ3) is 6.84. The number of rotatable bonds is 9. The summed E-state index contributed by atoms with van der Waals surface area (Å²) >= 11 is 0. The highest BCUT2D eigenvalue weighted by Gasteiger charge is 2.18. The highest BCUT2D eigenvalue weighted by molar-refractivity contribution is 6.11. The van der Waals surface area contributed by atoms with Crippen LogP contribution in [0.1, 0.15) is 23.3 Å². The van der Waals surface area contributed by atoms with E-state index in [1.807, 2.05) is 115 Å². The van der Waals surface area contributed by atoms with Crippen molar-refractivity contribution in [3.63, 3.8) is 0 Å². The molecule has 11 aromatic rings. The van der Waals surface area contributed by atoms with Gasteiger partial charge in [-0.1, -0.05) is 194 Å². The number of benzene rings is 10. The Morgan fingerprint density at radius 1 is 0.306 bits per heavy atom. The molecule has 0 atom stereocenters. The Bertz CT molecular complexity index is 4250. The fraction of sp³-hybridized carbons (Fsp3) is 0. The summed E-state index contributed by atoms with van der Waals surface area (Å²) in [4.78, 5) is 1.11. The molecule has 0 aliphatic carbocycles. The van der Waals surface area contributed by atoms with E-state index >= 15 is 0 Å². The zero-order valence-electron chi connectivity index (χ0n) is 49.8. The van der Waals surface area contributed by atoms with Crippen molar-refractivity contribution in [3.8, 4) is 61.3 Å². The molecule has 2 heteroatoms. The van der Waals surface area contributed by atoms with Gasteiger partial charge in [0.1, 0.15) is 0 Å². The van der Waals surface area contributed by atoms with E-state index in [-0.39, 0.29) is 11.3 Å². The van der Waals surface area contributed by atoms with Gasteiger partial charge in [0.2, 0.25) is 0 Å². The lowest BCUT2D eigenvalue weighted by Gasteiger charge is -2.26. The zero-order chi connectivity index (χ0) is 56.0. The Balaban J connectivity index is 1.14. The van der Waals surface area contributed by atoms with Crippen LogP contribution in [0.2, 0.25) is 0 Å². The maximum absolute atomic E-state index is 9.76. The summed E-state index contributed by atoms with van der Waals surface area (Å²) in [6, 6.07) is 34.2. The molecule has 0 aliphatic rings. The molecule has 0 N–H and O–H groups in total. The SMILES string of the molecule is [2H]c1c([2H])c([2H])c(-c2c([2H])c([2H])c([2H])c([2H])c2-c2c([2H])c([2H])c(N(c3ccc(-c4ccccc4)cc3)c3c([2H])c([2H])c(-c4ccc5c(c4)c4ccccc4n5-c4ccccc4-c4ccccc4)c([2H])c3[2H])c([2H])c2[2H])c([2H])c1[2H]. The predicted octanol–water partition coefficient (Wildman–Crippen LogP) is 16.6. The molecule has 0 fully saturated rings. The smallest absolute Gasteiger partial charge is 0.0645 e. The van der Waals surface area contributed by atoms with Crippen LogP contribution in [-0.2, 0) is 0 Å². The number of nitrogens with zero attached hydrogens (tertiary/aromatic N) is 2. The van der Waals surface area contributed by atoms with Gasteiger partial charge in [-0.2, -0.15) is 0 Å². The first-order chi connectivity index (χ1) is 37.8. The largest absolute Gasteiger partial charge is 0.311 e. The first kappa shape index (κ1) is 23.0. The Labute approximate surface area is 386 Å². The molecule has 0 spiro atoms. The first-order valence-electron chi connectivity index (χ1n) is 28.4. The lowest BCUT2D eigenvalue weighted by molar-refractivity contribution is 1.18. The van der Waals surface area contributed by atoms with Crippen molar-refractivity contribution in [1.29, 1.82) is 0 Å². The van der Waals surface area contributed by atoms with Crippen LogP contribution < -0.4 is 4.90 Å². The molecule has 292 valence electrons. The lowest BCUT2D eigenvalue weighted by Crippen LogP contribution is -2.09. The number of anilines is 3. The van der Waals surface area contributed by atoms with Crippen molar-refractivity contribution in [2.24, 2.45) is 0 Å². The molecular weight excluding hydrogens is 749 g/mol. The summed E-state index contributed by atoms with van der Waals surface area (Å²) in [5, 5.41) is 1.65. The summed E-state index contributed by atoms with van der Waals surface area (Å²) < 4.78 is 157. The molecule has 1 heterocycles. The molecule has 0 amide bonds. The van der Waals surface area contributed by atoms with Crippen LogP contribution in [0.15, 0.2) is 254 Å². The second-order valence-corrected chi connectivity index (χ2v) is 14.4. The fourth-order valence-electron chi connectivity index (χ4n) is 7.89. The molecule has 0 bridgehead atoms. The van der Waals surface area contributed by atoms with E-state index in [1.165, 1.54) is 0 Å². The summed E-state index contributed by atoms with van der Waals surface area (Å²) in [6.45, 7) is 0. The monoisotopic (exact) mass is 807 g/mol. The van der Waals surface area contributed by atoms with Crippen LogP contribution in [0.3, 0.4) is 0 Å². The van der Waals surface area contributed by atoms with E-state index in [2.05, 4.69) is 10.6 Å². The number of hydrogen-bond donors (Lipinski definition) is 0. The third-order valence-electron chi connectivity index (χ3n) is 10.8. The van der Waals surface area contributed by atoms with E-state index in [0.717, 1.165) is 54.6 Å². The van der Waals surface area contributed by atoms with Crippen LogP contribution in [0.5, 0.6) is 0 Å². The van der Waals surface area contributed by atoms with E-state index in [9.17, 15) is 11.0 Å². The van der Waals surface area contributed by atoms with Gasteiger partial charge in [-0.3, -0.25) is 0 Å². The molecule has 11 rings (SSSR count). The molecule has 2 nitrogen and oxygen atoms in total. The first-order valence-corrected chi connectivity index (χ1v) is 19.9. The molecule has 10 aromatic carbocycles. The molecule has 62 heavy (non-hydrogen) atoms. The van der Waals surface area contributed by atoms with E-state index in [1.54, 1.807) is 30.3 Å². The lowest BCUT2D eigenvalue weighted by atomic mass is 9.94. The molecule has 0 radical (unpaired) electrons. The molecule has 0 saturated carbocycles. The minimum Gasteiger partial charge on any atom is -0.311 e. The molecule has 1 aromatic heterocycles. The Kier molecular flexibility index (Phi) is 5.97. The summed E-state index contributed by atoms with van der Waals surface area (Å²) in [5.74, 6) is 0. The van der Waals surface area contributed by atoms with Gasteiger partial charge in [0.25, 0.3) is 0 Å². The van der Waals surface area contributed by atoms with Gasteiger partial charge in [0, 0.05) is 33.4 Å². The van der Waals surface area contributed by atoms with Gasteiger partial charge in [-0.05, 0) is 111 Å². The number of para-hydroxylation sites is 2. The Morgan fingerprint density at radius 3 is 1.52 bits per heavy atom. The Hall–Kier alpha value is -8.20.